The average Bonchev–Trinajstić information content (AvgIpc) is 2.67. The van der Waals surface area contributed by atoms with Crippen molar-refractivity contribution in [2.45, 2.75) is 19.8 Å². The van der Waals surface area contributed by atoms with Crippen LogP contribution < -0.4 is 5.32 Å². The number of para-hydroxylation sites is 1. The number of amides is 1. The highest BCUT2D eigenvalue weighted by Crippen LogP contribution is 2.20. The molecule has 1 atom stereocenters. The molecule has 2 aromatic carbocycles. The zero-order chi connectivity index (χ0) is 18.8. The Morgan fingerprint density at radius 2 is 1.52 bits per heavy atom. The number of carbonyl (C=O) groups is 2. The number of nitrogens with zero attached hydrogens (tertiary/aromatic N) is 1. The topological polar surface area (TPSA) is 58.6 Å². The number of esters is 1. The lowest BCUT2D eigenvalue weighted by molar-refractivity contribution is -0.148. The van der Waals surface area contributed by atoms with Crippen LogP contribution in [0.4, 0.5) is 5.69 Å². The molecule has 0 saturated heterocycles. The maximum atomic E-state index is 12.7. The molecule has 5 nitrogen and oxygen atoms in total. The third kappa shape index (κ3) is 7.04. The number of carbonyl (C=O) groups excluding carboxylic acids is 2. The Bertz CT molecular complexity index is 691. The van der Waals surface area contributed by atoms with Crippen LogP contribution in [0.15, 0.2) is 60.7 Å². The molecule has 27 heavy (non-hydrogen) atoms. The van der Waals surface area contributed by atoms with Gasteiger partial charge in [0.2, 0.25) is 5.91 Å². The lowest BCUT2D eigenvalue weighted by atomic mass is 9.98. The summed E-state index contributed by atoms with van der Waals surface area (Å²) in [6.45, 7) is 6.83. The Morgan fingerprint density at radius 3 is 2.07 bits per heavy atom. The van der Waals surface area contributed by atoms with Crippen molar-refractivity contribution in [3.63, 3.8) is 0 Å². The summed E-state index contributed by atoms with van der Waals surface area (Å²) in [5.74, 6) is -1.92. The van der Waals surface area contributed by atoms with Crippen molar-refractivity contribution < 1.29 is 14.3 Å². The fourth-order valence-electron chi connectivity index (χ4n) is 2.67. The summed E-state index contributed by atoms with van der Waals surface area (Å²) in [5, 5.41) is 2.79. The van der Waals surface area contributed by atoms with Crippen molar-refractivity contribution in [3.05, 3.63) is 66.2 Å². The smallest absolute Gasteiger partial charge is 0.323 e. The van der Waals surface area contributed by atoms with E-state index in [9.17, 15) is 9.59 Å². The van der Waals surface area contributed by atoms with Crippen LogP contribution in [0.25, 0.3) is 0 Å². The van der Waals surface area contributed by atoms with Crippen molar-refractivity contribution in [2.75, 3.05) is 31.6 Å². The summed E-state index contributed by atoms with van der Waals surface area (Å²) in [6.07, 6.45) is 0. The number of hydrogen-bond donors (Lipinski definition) is 1. The molecule has 0 aromatic heterocycles. The van der Waals surface area contributed by atoms with Crippen molar-refractivity contribution in [1.29, 1.82) is 0 Å². The Labute approximate surface area is 167 Å². The van der Waals surface area contributed by atoms with Crippen molar-refractivity contribution in [3.8, 4) is 0 Å². The molecule has 0 aliphatic rings. The quantitative estimate of drug-likeness (QED) is 0.523. The fraction of sp³-hybridized carbons (Fsp3) is 0.333. The summed E-state index contributed by atoms with van der Waals surface area (Å²) in [7, 11) is 0. The second-order valence-electron chi connectivity index (χ2n) is 5.89. The van der Waals surface area contributed by atoms with Gasteiger partial charge in [-0.05, 0) is 30.8 Å². The van der Waals surface area contributed by atoms with Gasteiger partial charge in [-0.1, -0.05) is 62.4 Å². The van der Waals surface area contributed by atoms with Crippen LogP contribution in [0.5, 0.6) is 0 Å². The van der Waals surface area contributed by atoms with Gasteiger partial charge in [0.05, 0.1) is 0 Å². The van der Waals surface area contributed by atoms with Gasteiger partial charge in [0.1, 0.15) is 6.61 Å². The highest BCUT2D eigenvalue weighted by atomic mass is 35.5. The Hall–Kier alpha value is -2.37. The van der Waals surface area contributed by atoms with E-state index in [0.717, 1.165) is 13.1 Å². The van der Waals surface area contributed by atoms with Crippen LogP contribution in [0.3, 0.4) is 0 Å². The van der Waals surface area contributed by atoms with E-state index in [0.29, 0.717) is 17.8 Å². The van der Waals surface area contributed by atoms with Gasteiger partial charge >= 0.3 is 5.97 Å². The van der Waals surface area contributed by atoms with Gasteiger partial charge < -0.3 is 15.0 Å². The SMILES string of the molecule is CCN(CC)CCOC(=O)C(C(=O)Nc1ccccc1)c1ccccc1.Cl. The largest absolute Gasteiger partial charge is 0.463 e. The molecule has 0 spiro atoms. The molecule has 2 aromatic rings. The lowest BCUT2D eigenvalue weighted by Gasteiger charge is -2.20. The van der Waals surface area contributed by atoms with Gasteiger partial charge in [-0.25, -0.2) is 0 Å². The summed E-state index contributed by atoms with van der Waals surface area (Å²) < 4.78 is 5.41. The highest BCUT2D eigenvalue weighted by Gasteiger charge is 2.30. The molecule has 0 bridgehead atoms. The van der Waals surface area contributed by atoms with E-state index in [4.69, 9.17) is 4.74 Å². The number of ether oxygens (including phenoxy) is 1. The standard InChI is InChI=1S/C21H26N2O3.ClH/c1-3-23(4-2)15-16-26-21(25)19(17-11-7-5-8-12-17)20(24)22-18-13-9-6-10-14-18;/h5-14,19H,3-4,15-16H2,1-2H3,(H,22,24);1H. The first kappa shape index (κ1) is 22.7. The average molecular weight is 391 g/mol. The van der Waals surface area contributed by atoms with Gasteiger partial charge in [0, 0.05) is 12.2 Å². The summed E-state index contributed by atoms with van der Waals surface area (Å²) in [6, 6.07) is 18.1. The summed E-state index contributed by atoms with van der Waals surface area (Å²) >= 11 is 0. The Kier molecular flexibility index (Phi) is 10.2. The minimum Gasteiger partial charge on any atom is -0.463 e. The zero-order valence-corrected chi connectivity index (χ0v) is 16.6. The number of benzene rings is 2. The van der Waals surface area contributed by atoms with Crippen LogP contribution in [0.1, 0.15) is 25.3 Å². The van der Waals surface area contributed by atoms with E-state index >= 15 is 0 Å². The van der Waals surface area contributed by atoms with Gasteiger partial charge in [-0.3, -0.25) is 9.59 Å². The molecule has 2 rings (SSSR count). The Balaban J connectivity index is 0.00000364. The predicted molar refractivity (Wildman–Crippen MR) is 110 cm³/mol. The Morgan fingerprint density at radius 1 is 0.963 bits per heavy atom. The second-order valence-corrected chi connectivity index (χ2v) is 5.89. The second kappa shape index (κ2) is 12.1. The van der Waals surface area contributed by atoms with E-state index < -0.39 is 17.8 Å². The molecule has 6 heteroatoms. The molecule has 0 fully saturated rings. The number of halogens is 1. The maximum absolute atomic E-state index is 12.7. The van der Waals surface area contributed by atoms with Crippen molar-refractivity contribution >= 4 is 30.0 Å². The van der Waals surface area contributed by atoms with Crippen LogP contribution in [0, 0.1) is 0 Å². The molecule has 1 N–H and O–H groups in total. The van der Waals surface area contributed by atoms with Gasteiger partial charge in [0.15, 0.2) is 5.92 Å². The van der Waals surface area contributed by atoms with E-state index in [1.54, 1.807) is 36.4 Å². The molecular formula is C21H27ClN2O3. The summed E-state index contributed by atoms with van der Waals surface area (Å²) in [5.41, 5.74) is 1.27. The zero-order valence-electron chi connectivity index (χ0n) is 15.8. The summed E-state index contributed by atoms with van der Waals surface area (Å²) in [4.78, 5) is 27.5. The van der Waals surface area contributed by atoms with Crippen molar-refractivity contribution in [1.82, 2.24) is 4.90 Å². The minimum atomic E-state index is -0.992. The third-order valence-electron chi connectivity index (χ3n) is 4.22. The highest BCUT2D eigenvalue weighted by molar-refractivity contribution is 6.09. The molecule has 0 aliphatic heterocycles. The van der Waals surface area contributed by atoms with Crippen LogP contribution >= 0.6 is 12.4 Å². The van der Waals surface area contributed by atoms with Crippen LogP contribution in [-0.2, 0) is 14.3 Å². The normalized spacial score (nSPS) is 11.4. The first-order chi connectivity index (χ1) is 12.7. The number of likely N-dealkylation sites (N-methyl/N-ethyl adjacent to an activating group) is 1. The fourth-order valence-corrected chi connectivity index (χ4v) is 2.67. The van der Waals surface area contributed by atoms with Crippen LogP contribution in [-0.4, -0.2) is 43.0 Å². The third-order valence-corrected chi connectivity index (χ3v) is 4.22. The number of rotatable bonds is 9. The van der Waals surface area contributed by atoms with Gasteiger partial charge in [-0.2, -0.15) is 0 Å². The molecular weight excluding hydrogens is 364 g/mol. The number of hydrogen-bond acceptors (Lipinski definition) is 4. The first-order valence-electron chi connectivity index (χ1n) is 8.95. The van der Waals surface area contributed by atoms with Crippen molar-refractivity contribution in [2.24, 2.45) is 0 Å². The minimum absolute atomic E-state index is 0. The maximum Gasteiger partial charge on any atom is 0.323 e. The molecule has 1 amide bonds. The van der Waals surface area contributed by atoms with Crippen LogP contribution in [0.2, 0.25) is 0 Å². The molecule has 0 aliphatic carbocycles. The number of anilines is 1. The molecule has 0 saturated carbocycles. The molecule has 1 unspecified atom stereocenters. The van der Waals surface area contributed by atoms with Gasteiger partial charge in [-0.15, -0.1) is 12.4 Å². The van der Waals surface area contributed by atoms with Gasteiger partial charge in [0.25, 0.3) is 0 Å². The number of nitrogens with one attached hydrogen (secondary N) is 1. The monoisotopic (exact) mass is 390 g/mol. The molecule has 0 heterocycles. The first-order valence-corrected chi connectivity index (χ1v) is 8.95. The van der Waals surface area contributed by atoms with E-state index in [-0.39, 0.29) is 19.0 Å². The molecule has 0 radical (unpaired) electrons. The predicted octanol–water partition coefficient (Wildman–Crippen LogP) is 3.72. The lowest BCUT2D eigenvalue weighted by Crippen LogP contribution is -2.32. The van der Waals surface area contributed by atoms with E-state index in [1.165, 1.54) is 0 Å². The van der Waals surface area contributed by atoms with E-state index in [2.05, 4.69) is 24.1 Å². The van der Waals surface area contributed by atoms with E-state index in [1.807, 2.05) is 24.3 Å². The molecule has 146 valence electrons.